The van der Waals surface area contributed by atoms with Crippen LogP contribution in [0.5, 0.6) is 0 Å². The second-order valence-electron chi connectivity index (χ2n) is 14.1. The van der Waals surface area contributed by atoms with Gasteiger partial charge in [-0.15, -0.1) is 0 Å². The number of halogens is 2. The van der Waals surface area contributed by atoms with Gasteiger partial charge in [0, 0.05) is 30.2 Å². The predicted molar refractivity (Wildman–Crippen MR) is 176 cm³/mol. The number of carbonyl (C=O) groups is 2. The Kier molecular flexibility index (Phi) is 8.02. The molecule has 0 aromatic heterocycles. The van der Waals surface area contributed by atoms with Crippen LogP contribution in [0.25, 0.3) is 0 Å². The van der Waals surface area contributed by atoms with Gasteiger partial charge in [0.2, 0.25) is 0 Å². The minimum absolute atomic E-state index is 0.01000. The van der Waals surface area contributed by atoms with Gasteiger partial charge in [-0.05, 0) is 137 Å². The maximum absolute atomic E-state index is 13.9. The first-order valence-electron chi connectivity index (χ1n) is 16.6. The Morgan fingerprint density at radius 3 is 2.20 bits per heavy atom. The summed E-state index contributed by atoms with van der Waals surface area (Å²) in [6, 6.07) is 20.7. The van der Waals surface area contributed by atoms with E-state index in [1.807, 2.05) is 41.3 Å². The number of piperidine rings is 1. The molecule has 3 aliphatic carbocycles. The molecule has 1 heterocycles. The van der Waals surface area contributed by atoms with E-state index in [1.165, 1.54) is 11.1 Å². The molecule has 2 amide bonds. The third kappa shape index (κ3) is 5.59. The first kappa shape index (κ1) is 30.4. The van der Waals surface area contributed by atoms with Crippen LogP contribution in [0.1, 0.15) is 101 Å². The van der Waals surface area contributed by atoms with E-state index in [0.29, 0.717) is 10.6 Å². The molecule has 0 N–H and O–H groups in total. The van der Waals surface area contributed by atoms with Crippen molar-refractivity contribution in [1.29, 1.82) is 0 Å². The number of aryl methyl sites for hydroxylation is 1. The molecular weight excluding hydrogens is 585 g/mol. The third-order valence-corrected chi connectivity index (χ3v) is 11.9. The van der Waals surface area contributed by atoms with Crippen molar-refractivity contribution in [3.63, 3.8) is 0 Å². The number of nitrogens with zero attached hydrogens (tertiary/aromatic N) is 3. The van der Waals surface area contributed by atoms with Crippen LogP contribution in [0.2, 0.25) is 5.02 Å². The molecular formula is C38H43ClFN3O2. The number of amides is 2. The molecule has 3 aromatic rings. The van der Waals surface area contributed by atoms with Crippen LogP contribution >= 0.6 is 11.6 Å². The smallest absolute Gasteiger partial charge is 0.256 e. The van der Waals surface area contributed by atoms with Gasteiger partial charge in [-0.3, -0.25) is 14.5 Å². The fraction of sp³-hybridized carbons (Fsp3) is 0.474. The van der Waals surface area contributed by atoms with E-state index in [9.17, 15) is 14.0 Å². The molecule has 1 unspecified atom stereocenters. The zero-order valence-electron chi connectivity index (χ0n) is 26.4. The maximum Gasteiger partial charge on any atom is 0.256 e. The average Bonchev–Trinajstić information content (AvgIpc) is 3.81. The molecule has 0 radical (unpaired) electrons. The Labute approximate surface area is 271 Å². The molecule has 0 bridgehead atoms. The Hall–Kier alpha value is -3.22. The van der Waals surface area contributed by atoms with E-state index in [2.05, 4.69) is 36.0 Å². The predicted octanol–water partition coefficient (Wildman–Crippen LogP) is 8.02. The van der Waals surface area contributed by atoms with Gasteiger partial charge in [-0.25, -0.2) is 4.39 Å². The molecule has 1 aliphatic heterocycles. The molecule has 4 aliphatic rings. The third-order valence-electron chi connectivity index (χ3n) is 11.5. The Balaban J connectivity index is 1.04. The molecule has 3 fully saturated rings. The number of rotatable bonds is 6. The summed E-state index contributed by atoms with van der Waals surface area (Å²) in [5.41, 5.74) is 5.01. The van der Waals surface area contributed by atoms with E-state index in [4.69, 9.17) is 11.6 Å². The second-order valence-corrected chi connectivity index (χ2v) is 14.5. The van der Waals surface area contributed by atoms with Crippen LogP contribution in [-0.4, -0.2) is 59.7 Å². The highest BCUT2D eigenvalue weighted by Gasteiger charge is 2.47. The topological polar surface area (TPSA) is 43.9 Å². The first-order valence-corrected chi connectivity index (χ1v) is 17.0. The summed E-state index contributed by atoms with van der Waals surface area (Å²) >= 11 is 6.45. The van der Waals surface area contributed by atoms with Gasteiger partial charge in [0.05, 0.1) is 16.6 Å². The lowest BCUT2D eigenvalue weighted by atomic mass is 9.61. The number of fused-ring (bicyclic) bond motifs is 1. The molecule has 1 saturated heterocycles. The first-order chi connectivity index (χ1) is 21.7. The molecule has 1 atom stereocenters. The summed E-state index contributed by atoms with van der Waals surface area (Å²) in [5, 5.41) is 0.485. The molecule has 3 aromatic carbocycles. The Morgan fingerprint density at radius 1 is 0.867 bits per heavy atom. The normalized spacial score (nSPS) is 22.0. The van der Waals surface area contributed by atoms with Gasteiger partial charge in [0.15, 0.2) is 0 Å². The molecule has 2 saturated carbocycles. The number of hydrogen-bond donors (Lipinski definition) is 0. The van der Waals surface area contributed by atoms with Crippen LogP contribution in [0.4, 0.5) is 4.39 Å². The number of likely N-dealkylation sites (tertiary alicyclic amines) is 1. The Bertz CT molecular complexity index is 1580. The number of carbonyl (C=O) groups excluding carboxylic acids is 2. The van der Waals surface area contributed by atoms with Gasteiger partial charge in [-0.1, -0.05) is 41.9 Å². The van der Waals surface area contributed by atoms with Crippen LogP contribution < -0.4 is 0 Å². The van der Waals surface area contributed by atoms with Crippen molar-refractivity contribution in [2.24, 2.45) is 5.41 Å². The fourth-order valence-electron chi connectivity index (χ4n) is 8.51. The summed E-state index contributed by atoms with van der Waals surface area (Å²) in [5.74, 6) is -0.107. The molecule has 5 nitrogen and oxygen atoms in total. The van der Waals surface area contributed by atoms with Crippen molar-refractivity contribution in [1.82, 2.24) is 14.7 Å². The summed E-state index contributed by atoms with van der Waals surface area (Å²) < 4.78 is 13.7. The minimum Gasteiger partial charge on any atom is -0.339 e. The fourth-order valence-corrected chi connectivity index (χ4v) is 8.72. The van der Waals surface area contributed by atoms with Gasteiger partial charge >= 0.3 is 0 Å². The van der Waals surface area contributed by atoms with Crippen molar-refractivity contribution in [2.45, 2.75) is 81.8 Å². The molecule has 45 heavy (non-hydrogen) atoms. The highest BCUT2D eigenvalue weighted by Crippen LogP contribution is 2.52. The molecule has 7 heteroatoms. The summed E-state index contributed by atoms with van der Waals surface area (Å²) in [4.78, 5) is 34.1. The minimum atomic E-state index is -0.193. The molecule has 1 spiro atoms. The van der Waals surface area contributed by atoms with Gasteiger partial charge < -0.3 is 9.80 Å². The quantitative estimate of drug-likeness (QED) is 0.278. The molecule has 236 valence electrons. The van der Waals surface area contributed by atoms with Crippen LogP contribution in [0.15, 0.2) is 66.7 Å². The summed E-state index contributed by atoms with van der Waals surface area (Å²) in [6.07, 6.45) is 10.1. The number of hydrogen-bond acceptors (Lipinski definition) is 3. The summed E-state index contributed by atoms with van der Waals surface area (Å²) in [7, 11) is 4.28. The van der Waals surface area contributed by atoms with E-state index >= 15 is 0 Å². The lowest BCUT2D eigenvalue weighted by molar-refractivity contribution is -0.000343. The maximum atomic E-state index is 13.9. The van der Waals surface area contributed by atoms with Crippen molar-refractivity contribution in [3.05, 3.63) is 105 Å². The lowest BCUT2D eigenvalue weighted by Crippen LogP contribution is -2.50. The number of benzene rings is 3. The highest BCUT2D eigenvalue weighted by atomic mass is 35.5. The average molecular weight is 628 g/mol. The van der Waals surface area contributed by atoms with Gasteiger partial charge in [0.25, 0.3) is 11.8 Å². The van der Waals surface area contributed by atoms with E-state index in [-0.39, 0.29) is 40.7 Å². The molecule has 7 rings (SSSR count). The van der Waals surface area contributed by atoms with E-state index < -0.39 is 0 Å². The SMILES string of the molecule is CN(C)C1(c2ccc(F)cc2)CCC2(CCN(C(=O)c3ccc4c(c3)C(N(C(=O)c3ccccc3Cl)C3CC3)CC4)CC2)CC1. The van der Waals surface area contributed by atoms with E-state index in [1.54, 1.807) is 18.2 Å². The van der Waals surface area contributed by atoms with Gasteiger partial charge in [0.1, 0.15) is 5.82 Å². The van der Waals surface area contributed by atoms with Gasteiger partial charge in [-0.2, -0.15) is 0 Å². The lowest BCUT2D eigenvalue weighted by Gasteiger charge is -2.52. The van der Waals surface area contributed by atoms with Crippen molar-refractivity contribution in [3.8, 4) is 0 Å². The monoisotopic (exact) mass is 627 g/mol. The van der Waals surface area contributed by atoms with Crippen molar-refractivity contribution >= 4 is 23.4 Å². The van der Waals surface area contributed by atoms with Crippen molar-refractivity contribution < 1.29 is 14.0 Å². The highest BCUT2D eigenvalue weighted by molar-refractivity contribution is 6.33. The van der Waals surface area contributed by atoms with Crippen LogP contribution in [0, 0.1) is 11.2 Å². The second kappa shape index (κ2) is 11.9. The largest absolute Gasteiger partial charge is 0.339 e. The Morgan fingerprint density at radius 2 is 1.56 bits per heavy atom. The van der Waals surface area contributed by atoms with Crippen molar-refractivity contribution in [2.75, 3.05) is 27.2 Å². The standard InChI is InChI=1S/C38H43ClFN3O2/c1-41(2)38(28-10-12-29(40)13-11-28)19-17-37(18-20-38)21-23-42(24-22-37)35(44)27-8-7-26-9-16-34(32(26)25-27)43(30-14-15-30)36(45)31-5-3-4-6-33(31)39/h3-8,10-13,25,30,34H,9,14-24H2,1-2H3. The van der Waals surface area contributed by atoms with Crippen LogP contribution in [0.3, 0.4) is 0 Å². The zero-order valence-corrected chi connectivity index (χ0v) is 27.2. The zero-order chi connectivity index (χ0) is 31.3. The summed E-state index contributed by atoms with van der Waals surface area (Å²) in [6.45, 7) is 1.54. The van der Waals surface area contributed by atoms with Crippen LogP contribution in [-0.2, 0) is 12.0 Å². The van der Waals surface area contributed by atoms with E-state index in [0.717, 1.165) is 88.4 Å².